The summed E-state index contributed by atoms with van der Waals surface area (Å²) in [6.07, 6.45) is 4.37. The van der Waals surface area contributed by atoms with Crippen molar-refractivity contribution in [3.8, 4) is 0 Å². The molecular formula is C13H11N5O3S. The number of carbonyl (C=O) groups excluding carboxylic acids is 2. The second-order valence-electron chi connectivity index (χ2n) is 4.14. The van der Waals surface area contributed by atoms with Gasteiger partial charge in [0.25, 0.3) is 5.91 Å². The summed E-state index contributed by atoms with van der Waals surface area (Å²) in [6.45, 7) is 1.96. The summed E-state index contributed by atoms with van der Waals surface area (Å²) >= 11 is 1.31. The maximum atomic E-state index is 12.3. The highest BCUT2D eigenvalue weighted by molar-refractivity contribution is 7.13. The van der Waals surface area contributed by atoms with Crippen LogP contribution in [0.1, 0.15) is 27.8 Å². The summed E-state index contributed by atoms with van der Waals surface area (Å²) in [5.41, 5.74) is 0.728. The molecule has 3 aromatic heterocycles. The van der Waals surface area contributed by atoms with E-state index in [0.717, 1.165) is 0 Å². The van der Waals surface area contributed by atoms with Gasteiger partial charge in [-0.3, -0.25) is 10.1 Å². The number of ether oxygens (including phenoxy) is 1. The Morgan fingerprint density at radius 2 is 2.23 bits per heavy atom. The van der Waals surface area contributed by atoms with Gasteiger partial charge in [0.15, 0.2) is 10.8 Å². The zero-order valence-electron chi connectivity index (χ0n) is 11.5. The standard InChI is InChI=1S/C13H11N5O3S/c1-2-21-12(20)8-7-16-18-9(3-4-14-10(8)18)11(19)17-13-15-5-6-22-13/h3-7H,2H2,1H3,(H,15,17,19). The van der Waals surface area contributed by atoms with Crippen LogP contribution in [0.2, 0.25) is 0 Å². The first-order chi connectivity index (χ1) is 10.7. The zero-order valence-corrected chi connectivity index (χ0v) is 12.3. The van der Waals surface area contributed by atoms with Gasteiger partial charge in [-0.1, -0.05) is 0 Å². The first-order valence-corrected chi connectivity index (χ1v) is 7.29. The van der Waals surface area contributed by atoms with Crippen LogP contribution in [-0.2, 0) is 4.74 Å². The van der Waals surface area contributed by atoms with E-state index in [1.165, 1.54) is 34.3 Å². The SMILES string of the molecule is CCOC(=O)c1cnn2c(C(=O)Nc3nccs3)ccnc12. The summed E-state index contributed by atoms with van der Waals surface area (Å²) in [4.78, 5) is 32.2. The van der Waals surface area contributed by atoms with Gasteiger partial charge < -0.3 is 4.74 Å². The molecule has 9 heteroatoms. The fourth-order valence-corrected chi connectivity index (χ4v) is 2.39. The summed E-state index contributed by atoms with van der Waals surface area (Å²) in [5, 5.41) is 8.94. The molecular weight excluding hydrogens is 306 g/mol. The van der Waals surface area contributed by atoms with Crippen molar-refractivity contribution in [3.63, 3.8) is 0 Å². The van der Waals surface area contributed by atoms with Crippen LogP contribution in [0.25, 0.3) is 5.65 Å². The third-order valence-corrected chi connectivity index (χ3v) is 3.47. The van der Waals surface area contributed by atoms with Crippen LogP contribution in [0.5, 0.6) is 0 Å². The number of nitrogens with zero attached hydrogens (tertiary/aromatic N) is 4. The Hall–Kier alpha value is -2.81. The van der Waals surface area contributed by atoms with Gasteiger partial charge in [-0.05, 0) is 13.0 Å². The minimum atomic E-state index is -0.525. The molecule has 0 aliphatic heterocycles. The highest BCUT2D eigenvalue weighted by Gasteiger charge is 2.19. The van der Waals surface area contributed by atoms with E-state index in [1.54, 1.807) is 18.5 Å². The monoisotopic (exact) mass is 317 g/mol. The maximum Gasteiger partial charge on any atom is 0.343 e. The van der Waals surface area contributed by atoms with Gasteiger partial charge >= 0.3 is 5.97 Å². The van der Waals surface area contributed by atoms with E-state index < -0.39 is 5.97 Å². The second-order valence-corrected chi connectivity index (χ2v) is 5.03. The Morgan fingerprint density at radius 3 is 2.95 bits per heavy atom. The van der Waals surface area contributed by atoms with Gasteiger partial charge in [0.1, 0.15) is 11.3 Å². The Morgan fingerprint density at radius 1 is 1.36 bits per heavy atom. The molecule has 0 bridgehead atoms. The number of hydrogen-bond acceptors (Lipinski definition) is 7. The summed E-state index contributed by atoms with van der Waals surface area (Å²) in [7, 11) is 0. The number of anilines is 1. The van der Waals surface area contributed by atoms with E-state index in [1.807, 2.05) is 0 Å². The molecule has 112 valence electrons. The number of fused-ring (bicyclic) bond motifs is 1. The second kappa shape index (κ2) is 5.90. The first kappa shape index (κ1) is 14.1. The average molecular weight is 317 g/mol. The lowest BCUT2D eigenvalue weighted by Crippen LogP contribution is -2.17. The molecule has 0 spiro atoms. The van der Waals surface area contributed by atoms with E-state index in [9.17, 15) is 9.59 Å². The van der Waals surface area contributed by atoms with Crippen molar-refractivity contribution in [1.82, 2.24) is 19.6 Å². The van der Waals surface area contributed by atoms with E-state index in [4.69, 9.17) is 4.74 Å². The van der Waals surface area contributed by atoms with Crippen LogP contribution in [0.3, 0.4) is 0 Å². The van der Waals surface area contributed by atoms with Gasteiger partial charge in [-0.15, -0.1) is 11.3 Å². The van der Waals surface area contributed by atoms with Gasteiger partial charge in [0, 0.05) is 17.8 Å². The lowest BCUT2D eigenvalue weighted by molar-refractivity contribution is 0.0528. The number of hydrogen-bond donors (Lipinski definition) is 1. The average Bonchev–Trinajstić information content (AvgIpc) is 3.15. The van der Waals surface area contributed by atoms with Crippen LogP contribution >= 0.6 is 11.3 Å². The topological polar surface area (TPSA) is 98.5 Å². The normalized spacial score (nSPS) is 10.6. The van der Waals surface area contributed by atoms with Crippen LogP contribution in [0, 0.1) is 0 Å². The Bertz CT molecular complexity index is 827. The molecule has 0 saturated heterocycles. The minimum Gasteiger partial charge on any atom is -0.462 e. The molecule has 8 nitrogen and oxygen atoms in total. The van der Waals surface area contributed by atoms with Crippen LogP contribution in [0.4, 0.5) is 5.13 Å². The molecule has 0 aliphatic rings. The fourth-order valence-electron chi connectivity index (χ4n) is 1.86. The van der Waals surface area contributed by atoms with Crippen LogP contribution < -0.4 is 5.32 Å². The lowest BCUT2D eigenvalue weighted by Gasteiger charge is -2.04. The molecule has 3 rings (SSSR count). The largest absolute Gasteiger partial charge is 0.462 e. The molecule has 22 heavy (non-hydrogen) atoms. The van der Waals surface area contributed by atoms with Gasteiger partial charge in [-0.2, -0.15) is 5.10 Å². The van der Waals surface area contributed by atoms with Gasteiger partial charge in [-0.25, -0.2) is 19.3 Å². The molecule has 0 unspecified atom stereocenters. The summed E-state index contributed by atoms with van der Waals surface area (Å²) < 4.78 is 6.24. The molecule has 1 amide bonds. The molecule has 0 atom stereocenters. The molecule has 3 aromatic rings. The summed E-state index contributed by atoms with van der Waals surface area (Å²) in [5.74, 6) is -0.914. The molecule has 1 N–H and O–H groups in total. The van der Waals surface area contributed by atoms with Crippen molar-refractivity contribution in [3.05, 3.63) is 41.3 Å². The molecule has 0 fully saturated rings. The van der Waals surface area contributed by atoms with Crippen molar-refractivity contribution in [2.45, 2.75) is 6.92 Å². The van der Waals surface area contributed by atoms with Crippen LogP contribution in [0.15, 0.2) is 30.0 Å². The summed E-state index contributed by atoms with van der Waals surface area (Å²) in [6, 6.07) is 1.51. The highest BCUT2D eigenvalue weighted by Crippen LogP contribution is 2.15. The third-order valence-electron chi connectivity index (χ3n) is 2.78. The smallest absolute Gasteiger partial charge is 0.343 e. The Balaban J connectivity index is 1.97. The van der Waals surface area contributed by atoms with E-state index >= 15 is 0 Å². The fraction of sp³-hybridized carbons (Fsp3) is 0.154. The van der Waals surface area contributed by atoms with Crippen molar-refractivity contribution in [2.24, 2.45) is 0 Å². The van der Waals surface area contributed by atoms with Crippen molar-refractivity contribution in [2.75, 3.05) is 11.9 Å². The Kier molecular flexibility index (Phi) is 3.79. The van der Waals surface area contributed by atoms with E-state index in [0.29, 0.717) is 5.13 Å². The van der Waals surface area contributed by atoms with E-state index in [2.05, 4.69) is 20.4 Å². The lowest BCUT2D eigenvalue weighted by atomic mass is 10.3. The van der Waals surface area contributed by atoms with Crippen molar-refractivity contribution < 1.29 is 14.3 Å². The first-order valence-electron chi connectivity index (χ1n) is 6.41. The minimum absolute atomic E-state index is 0.214. The number of amides is 1. The predicted octanol–water partition coefficient (Wildman–Crippen LogP) is 1.61. The van der Waals surface area contributed by atoms with Crippen molar-refractivity contribution in [1.29, 1.82) is 0 Å². The zero-order chi connectivity index (χ0) is 15.5. The Labute approximate surface area is 128 Å². The van der Waals surface area contributed by atoms with Crippen molar-refractivity contribution >= 4 is 34.0 Å². The number of carbonyl (C=O) groups is 2. The number of esters is 1. The quantitative estimate of drug-likeness (QED) is 0.734. The third kappa shape index (κ3) is 2.53. The van der Waals surface area contributed by atoms with E-state index in [-0.39, 0.29) is 29.4 Å². The van der Waals surface area contributed by atoms with Crippen LogP contribution in [-0.4, -0.2) is 38.1 Å². The number of thiazole rings is 1. The molecule has 0 radical (unpaired) electrons. The molecule has 0 aliphatic carbocycles. The predicted molar refractivity (Wildman–Crippen MR) is 79.0 cm³/mol. The molecule has 0 aromatic carbocycles. The van der Waals surface area contributed by atoms with Gasteiger partial charge in [0.2, 0.25) is 0 Å². The van der Waals surface area contributed by atoms with Gasteiger partial charge in [0.05, 0.1) is 12.8 Å². The number of aromatic nitrogens is 4. The highest BCUT2D eigenvalue weighted by atomic mass is 32.1. The maximum absolute atomic E-state index is 12.3. The molecule has 0 saturated carbocycles. The number of rotatable bonds is 4. The molecule has 3 heterocycles. The number of nitrogens with one attached hydrogen (secondary N) is 1.